The summed E-state index contributed by atoms with van der Waals surface area (Å²) in [5, 5.41) is 8.60. The third-order valence-electron chi connectivity index (χ3n) is 2.71. The van der Waals surface area contributed by atoms with Gasteiger partial charge in [-0.2, -0.15) is 5.10 Å². The van der Waals surface area contributed by atoms with Crippen molar-refractivity contribution in [3.8, 4) is 0 Å². The second-order valence-electron chi connectivity index (χ2n) is 4.21. The number of benzene rings is 1. The molecule has 1 aromatic carbocycles. The number of rotatable bonds is 6. The van der Waals surface area contributed by atoms with Gasteiger partial charge in [0.1, 0.15) is 5.84 Å². The lowest BCUT2D eigenvalue weighted by Crippen LogP contribution is -2.38. The second-order valence-corrected chi connectivity index (χ2v) is 4.21. The van der Waals surface area contributed by atoms with E-state index in [1.165, 1.54) is 6.38 Å². The maximum Gasteiger partial charge on any atom is 0.143 e. The van der Waals surface area contributed by atoms with Gasteiger partial charge in [-0.3, -0.25) is 5.01 Å². The number of hydrazone groups is 1. The van der Waals surface area contributed by atoms with E-state index in [4.69, 9.17) is 11.7 Å². The summed E-state index contributed by atoms with van der Waals surface area (Å²) in [6.07, 6.45) is 3.19. The molecule has 5 N–H and O–H groups in total. The summed E-state index contributed by atoms with van der Waals surface area (Å²) in [5.74, 6) is 12.1. The average Bonchev–Trinajstić information content (AvgIpc) is 2.49. The van der Waals surface area contributed by atoms with E-state index in [2.05, 4.69) is 28.9 Å². The molecule has 114 valence electrons. The van der Waals surface area contributed by atoms with Crippen LogP contribution in [-0.2, 0) is 0 Å². The number of anilines is 1. The minimum absolute atomic E-state index is 0.693. The van der Waals surface area contributed by atoms with Crippen LogP contribution in [0.5, 0.6) is 0 Å². The normalized spacial score (nSPS) is 10.8. The van der Waals surface area contributed by atoms with Crippen molar-refractivity contribution >= 4 is 23.1 Å². The minimum Gasteiger partial charge on any atom is -0.322 e. The molecule has 0 spiro atoms. The average molecular weight is 300 g/mol. The van der Waals surface area contributed by atoms with Crippen LogP contribution in [0.1, 0.15) is 25.3 Å². The highest BCUT2D eigenvalue weighted by Gasteiger charge is 2.09. The molecule has 0 fully saturated rings. The fourth-order valence-corrected chi connectivity index (χ4v) is 1.72. The van der Waals surface area contributed by atoms with E-state index in [1.807, 2.05) is 31.2 Å². The van der Waals surface area contributed by atoms with E-state index < -0.39 is 0 Å². The van der Waals surface area contributed by atoms with Crippen LogP contribution in [0.15, 0.2) is 29.4 Å². The first-order chi connectivity index (χ1) is 9.69. The predicted octanol–water partition coefficient (Wildman–Crippen LogP) is 2.19. The molecule has 0 aliphatic rings. The first-order valence-corrected chi connectivity index (χ1v) is 7.41. The lowest BCUT2D eigenvalue weighted by molar-refractivity contribution is 0.683. The van der Waals surface area contributed by atoms with Crippen molar-refractivity contribution in [2.45, 2.75) is 26.7 Å². The maximum atomic E-state index is 6.04. The summed E-state index contributed by atoms with van der Waals surface area (Å²) < 4.78 is 0. The Labute approximate surface area is 126 Å². The standard InChI is InChI=1S/C13H23N5.CH3Cl/c1-3-16-9-5-8-13(17-14)18(15)12-7-4-6-11(2)10-12;1-2/h4,6-7,10,16H,3,5,8-9,14-15H2,1-2H3;1H3/b17-13-;. The Morgan fingerprint density at radius 2 is 2.10 bits per heavy atom. The van der Waals surface area contributed by atoms with Crippen LogP contribution >= 0.6 is 11.6 Å². The first-order valence-electron chi connectivity index (χ1n) is 6.65. The van der Waals surface area contributed by atoms with Gasteiger partial charge in [-0.25, -0.2) is 5.84 Å². The quantitative estimate of drug-likeness (QED) is 0.188. The molecular weight excluding hydrogens is 274 g/mol. The van der Waals surface area contributed by atoms with Gasteiger partial charge in [0.2, 0.25) is 0 Å². The Kier molecular flexibility index (Phi) is 10.8. The van der Waals surface area contributed by atoms with Crippen LogP contribution in [0.2, 0.25) is 0 Å². The number of hydrogen-bond acceptors (Lipinski definition) is 4. The van der Waals surface area contributed by atoms with Gasteiger partial charge in [0, 0.05) is 12.8 Å². The Morgan fingerprint density at radius 1 is 1.40 bits per heavy atom. The van der Waals surface area contributed by atoms with Crippen molar-refractivity contribution < 1.29 is 0 Å². The van der Waals surface area contributed by atoms with Crippen LogP contribution in [0.4, 0.5) is 5.69 Å². The molecule has 1 rings (SSSR count). The van der Waals surface area contributed by atoms with Crippen LogP contribution < -0.4 is 22.0 Å². The SMILES string of the molecule is CCNCCC/C(=N/N)N(N)c1cccc(C)c1.CCl. The van der Waals surface area contributed by atoms with E-state index >= 15 is 0 Å². The van der Waals surface area contributed by atoms with Crippen molar-refractivity contribution in [1.82, 2.24) is 5.32 Å². The summed E-state index contributed by atoms with van der Waals surface area (Å²) in [5.41, 5.74) is 2.06. The maximum absolute atomic E-state index is 6.04. The van der Waals surface area contributed by atoms with Gasteiger partial charge < -0.3 is 11.2 Å². The summed E-state index contributed by atoms with van der Waals surface area (Å²) in [4.78, 5) is 0. The molecule has 20 heavy (non-hydrogen) atoms. The molecule has 0 amide bonds. The fraction of sp³-hybridized carbons (Fsp3) is 0.500. The van der Waals surface area contributed by atoms with Crippen molar-refractivity contribution in [3.63, 3.8) is 0 Å². The Morgan fingerprint density at radius 3 is 2.65 bits per heavy atom. The molecule has 0 heterocycles. The van der Waals surface area contributed by atoms with Gasteiger partial charge in [-0.05, 0) is 44.1 Å². The van der Waals surface area contributed by atoms with Crippen molar-refractivity contribution in [2.24, 2.45) is 16.8 Å². The van der Waals surface area contributed by atoms with E-state index in [-0.39, 0.29) is 0 Å². The number of aryl methyl sites for hydroxylation is 1. The number of nitrogens with zero attached hydrogens (tertiary/aromatic N) is 2. The van der Waals surface area contributed by atoms with Gasteiger partial charge in [-0.1, -0.05) is 19.1 Å². The number of hydrazine groups is 1. The molecule has 5 nitrogen and oxygen atoms in total. The molecule has 0 saturated heterocycles. The van der Waals surface area contributed by atoms with Gasteiger partial charge >= 0.3 is 0 Å². The third-order valence-corrected chi connectivity index (χ3v) is 2.71. The van der Waals surface area contributed by atoms with Crippen molar-refractivity contribution in [3.05, 3.63) is 29.8 Å². The molecule has 0 aliphatic heterocycles. The van der Waals surface area contributed by atoms with Gasteiger partial charge in [0.25, 0.3) is 0 Å². The summed E-state index contributed by atoms with van der Waals surface area (Å²) in [6.45, 7) is 6.03. The Balaban J connectivity index is 0.00000172. The van der Waals surface area contributed by atoms with Gasteiger partial charge in [0.05, 0.1) is 5.69 Å². The zero-order valence-corrected chi connectivity index (χ0v) is 13.3. The molecule has 0 saturated carbocycles. The third kappa shape index (κ3) is 6.75. The van der Waals surface area contributed by atoms with Crippen molar-refractivity contribution in [2.75, 3.05) is 24.5 Å². The molecule has 6 heteroatoms. The highest BCUT2D eigenvalue weighted by atomic mass is 35.5. The van der Waals surface area contributed by atoms with E-state index in [9.17, 15) is 0 Å². The molecule has 0 aromatic heterocycles. The number of hydrogen-bond donors (Lipinski definition) is 3. The van der Waals surface area contributed by atoms with E-state index in [1.54, 1.807) is 5.01 Å². The molecule has 1 aromatic rings. The highest BCUT2D eigenvalue weighted by Crippen LogP contribution is 2.14. The van der Waals surface area contributed by atoms with Crippen LogP contribution in [0.25, 0.3) is 0 Å². The van der Waals surface area contributed by atoms with Crippen LogP contribution in [0, 0.1) is 6.92 Å². The summed E-state index contributed by atoms with van der Waals surface area (Å²) in [7, 11) is 0. The summed E-state index contributed by atoms with van der Waals surface area (Å²) >= 11 is 4.64. The molecule has 0 radical (unpaired) electrons. The van der Waals surface area contributed by atoms with Crippen molar-refractivity contribution in [1.29, 1.82) is 0 Å². The molecule has 0 bridgehead atoms. The monoisotopic (exact) mass is 299 g/mol. The van der Waals surface area contributed by atoms with Crippen LogP contribution in [-0.4, -0.2) is 25.3 Å². The highest BCUT2D eigenvalue weighted by molar-refractivity contribution is 6.15. The Hall–Kier alpha value is -1.30. The number of halogens is 1. The molecule has 0 aliphatic carbocycles. The van der Waals surface area contributed by atoms with Gasteiger partial charge in [0.15, 0.2) is 0 Å². The summed E-state index contributed by atoms with van der Waals surface area (Å²) in [6, 6.07) is 7.96. The number of nitrogens with one attached hydrogen (secondary N) is 1. The lowest BCUT2D eigenvalue weighted by atomic mass is 10.2. The number of amidine groups is 1. The van der Waals surface area contributed by atoms with E-state index in [0.29, 0.717) is 5.84 Å². The Bertz CT molecular complexity index is 395. The fourth-order valence-electron chi connectivity index (χ4n) is 1.72. The topological polar surface area (TPSA) is 79.7 Å². The smallest absolute Gasteiger partial charge is 0.143 e. The molecule has 0 atom stereocenters. The molecular formula is C14H26ClN5. The second kappa shape index (κ2) is 11.5. The first kappa shape index (κ1) is 18.7. The predicted molar refractivity (Wildman–Crippen MR) is 89.0 cm³/mol. The van der Waals surface area contributed by atoms with E-state index in [0.717, 1.165) is 37.2 Å². The zero-order valence-electron chi connectivity index (χ0n) is 12.6. The number of alkyl halides is 1. The largest absolute Gasteiger partial charge is 0.322 e. The zero-order chi connectivity index (χ0) is 15.4. The minimum atomic E-state index is 0.693. The lowest BCUT2D eigenvalue weighted by Gasteiger charge is -2.20. The number of nitrogens with two attached hydrogens (primary N) is 2. The van der Waals surface area contributed by atoms with Gasteiger partial charge in [-0.15, -0.1) is 11.6 Å². The molecule has 0 unspecified atom stereocenters. The van der Waals surface area contributed by atoms with Crippen LogP contribution in [0.3, 0.4) is 0 Å².